The molecule has 25 heavy (non-hydrogen) atoms. The predicted octanol–water partition coefficient (Wildman–Crippen LogP) is 3.82. The highest BCUT2D eigenvalue weighted by Gasteiger charge is 2.31. The summed E-state index contributed by atoms with van der Waals surface area (Å²) in [4.78, 5) is 25.9. The number of nitrogens with zero attached hydrogens (tertiary/aromatic N) is 1. The summed E-state index contributed by atoms with van der Waals surface area (Å²) in [6, 6.07) is 11.2. The molecule has 1 aliphatic rings. The molecule has 2 N–H and O–H groups in total. The van der Waals surface area contributed by atoms with Crippen LogP contribution in [0.25, 0.3) is 0 Å². The lowest BCUT2D eigenvalue weighted by Gasteiger charge is -2.17. The van der Waals surface area contributed by atoms with Gasteiger partial charge in [0.1, 0.15) is 5.82 Å². The first kappa shape index (κ1) is 17.4. The van der Waals surface area contributed by atoms with E-state index in [0.717, 1.165) is 11.3 Å². The molecule has 5 nitrogen and oxygen atoms in total. The van der Waals surface area contributed by atoms with Gasteiger partial charge in [0, 0.05) is 23.1 Å². The number of benzene rings is 2. The van der Waals surface area contributed by atoms with Gasteiger partial charge in [-0.25, -0.2) is 9.18 Å². The van der Waals surface area contributed by atoms with Crippen molar-refractivity contribution in [3.63, 3.8) is 0 Å². The van der Waals surface area contributed by atoms with Gasteiger partial charge in [-0.05, 0) is 37.3 Å². The average molecular weight is 406 g/mol. The Labute approximate surface area is 153 Å². The molecule has 2 aromatic carbocycles. The molecule has 3 amide bonds. The van der Waals surface area contributed by atoms with Crippen molar-refractivity contribution >= 4 is 39.2 Å². The molecule has 130 valence electrons. The van der Waals surface area contributed by atoms with Gasteiger partial charge in [0.25, 0.3) is 0 Å². The Morgan fingerprint density at radius 1 is 1.24 bits per heavy atom. The molecule has 0 spiro atoms. The monoisotopic (exact) mass is 405 g/mol. The first-order valence-corrected chi connectivity index (χ1v) is 8.61. The highest BCUT2D eigenvalue weighted by Crippen LogP contribution is 2.22. The molecule has 1 aliphatic heterocycles. The molecule has 0 radical (unpaired) electrons. The fraction of sp³-hybridized carbons (Fsp3) is 0.222. The maximum absolute atomic E-state index is 13.8. The van der Waals surface area contributed by atoms with E-state index in [1.165, 1.54) is 12.1 Å². The number of nitrogens with one attached hydrogen (secondary N) is 2. The van der Waals surface area contributed by atoms with Crippen molar-refractivity contribution in [2.75, 3.05) is 16.8 Å². The number of urea groups is 1. The standard InChI is InChI=1S/C18H17BrFN3O2/c1-11-2-5-14(6-3-11)23-10-13(9-17(23)24)21-18(25)22-16-7-4-12(19)8-15(16)20/h2-8,13H,9-10H2,1H3,(H2,21,22,25)/t13-/m0/s1. The third-order valence-corrected chi connectivity index (χ3v) is 4.48. The maximum atomic E-state index is 13.8. The number of hydrogen-bond acceptors (Lipinski definition) is 2. The topological polar surface area (TPSA) is 61.4 Å². The number of rotatable bonds is 3. The van der Waals surface area contributed by atoms with Crippen LogP contribution in [-0.2, 0) is 4.79 Å². The van der Waals surface area contributed by atoms with Crippen LogP contribution in [0.1, 0.15) is 12.0 Å². The van der Waals surface area contributed by atoms with Gasteiger partial charge in [0.05, 0.1) is 11.7 Å². The van der Waals surface area contributed by atoms with Crippen molar-refractivity contribution in [2.24, 2.45) is 0 Å². The molecule has 2 aromatic rings. The fourth-order valence-electron chi connectivity index (χ4n) is 2.71. The SMILES string of the molecule is Cc1ccc(N2C[C@@H](NC(=O)Nc3ccc(Br)cc3F)CC2=O)cc1. The smallest absolute Gasteiger partial charge is 0.319 e. The van der Waals surface area contributed by atoms with E-state index in [9.17, 15) is 14.0 Å². The number of aryl methyl sites for hydroxylation is 1. The molecule has 0 bridgehead atoms. The number of anilines is 2. The molecule has 0 unspecified atom stereocenters. The summed E-state index contributed by atoms with van der Waals surface area (Å²) in [5.41, 5.74) is 2.00. The predicted molar refractivity (Wildman–Crippen MR) is 98.2 cm³/mol. The van der Waals surface area contributed by atoms with Crippen LogP contribution in [0.15, 0.2) is 46.9 Å². The molecule has 1 fully saturated rings. The summed E-state index contributed by atoms with van der Waals surface area (Å²) in [6.07, 6.45) is 0.212. The summed E-state index contributed by atoms with van der Waals surface area (Å²) < 4.78 is 14.4. The van der Waals surface area contributed by atoms with Crippen LogP contribution in [0.5, 0.6) is 0 Å². The van der Waals surface area contributed by atoms with Crippen molar-refractivity contribution in [2.45, 2.75) is 19.4 Å². The number of carbonyl (C=O) groups excluding carboxylic acids is 2. The zero-order chi connectivity index (χ0) is 18.0. The lowest BCUT2D eigenvalue weighted by molar-refractivity contribution is -0.117. The van der Waals surface area contributed by atoms with Gasteiger partial charge in [-0.15, -0.1) is 0 Å². The third-order valence-electron chi connectivity index (χ3n) is 3.99. The van der Waals surface area contributed by atoms with Gasteiger partial charge in [-0.1, -0.05) is 33.6 Å². The van der Waals surface area contributed by atoms with Crippen LogP contribution in [0, 0.1) is 12.7 Å². The van der Waals surface area contributed by atoms with Gasteiger partial charge in [0.2, 0.25) is 5.91 Å². The van der Waals surface area contributed by atoms with Crippen LogP contribution in [-0.4, -0.2) is 24.5 Å². The molecule has 1 atom stereocenters. The molecule has 0 aliphatic carbocycles. The second kappa shape index (κ2) is 7.23. The number of hydrogen-bond donors (Lipinski definition) is 2. The van der Waals surface area contributed by atoms with E-state index in [-0.39, 0.29) is 24.1 Å². The molecule has 3 rings (SSSR count). The van der Waals surface area contributed by atoms with Crippen LogP contribution >= 0.6 is 15.9 Å². The summed E-state index contributed by atoms with van der Waals surface area (Å²) >= 11 is 3.16. The number of amides is 3. The van der Waals surface area contributed by atoms with Gasteiger partial charge in [-0.2, -0.15) is 0 Å². The number of carbonyl (C=O) groups is 2. The van der Waals surface area contributed by atoms with Gasteiger partial charge in [0.15, 0.2) is 0 Å². The third kappa shape index (κ3) is 4.17. The number of halogens is 2. The fourth-order valence-corrected chi connectivity index (χ4v) is 3.05. The highest BCUT2D eigenvalue weighted by molar-refractivity contribution is 9.10. The summed E-state index contributed by atoms with van der Waals surface area (Å²) in [7, 11) is 0. The summed E-state index contributed by atoms with van der Waals surface area (Å²) in [5, 5.41) is 5.19. The molecule has 7 heteroatoms. The van der Waals surface area contributed by atoms with Crippen LogP contribution in [0.3, 0.4) is 0 Å². The first-order valence-electron chi connectivity index (χ1n) is 7.82. The van der Waals surface area contributed by atoms with Gasteiger partial charge < -0.3 is 15.5 Å². The molecule has 1 heterocycles. The molecular weight excluding hydrogens is 389 g/mol. The minimum absolute atomic E-state index is 0.0519. The van der Waals surface area contributed by atoms with Crippen molar-refractivity contribution in [1.82, 2.24) is 5.32 Å². The van der Waals surface area contributed by atoms with Crippen molar-refractivity contribution in [1.29, 1.82) is 0 Å². The van der Waals surface area contributed by atoms with E-state index in [2.05, 4.69) is 26.6 Å². The highest BCUT2D eigenvalue weighted by atomic mass is 79.9. The zero-order valence-corrected chi connectivity index (χ0v) is 15.1. The lowest BCUT2D eigenvalue weighted by atomic mass is 10.2. The van der Waals surface area contributed by atoms with Crippen LogP contribution in [0.2, 0.25) is 0 Å². The second-order valence-electron chi connectivity index (χ2n) is 5.96. The van der Waals surface area contributed by atoms with E-state index < -0.39 is 11.8 Å². The minimum Gasteiger partial charge on any atom is -0.333 e. The molecule has 0 aromatic heterocycles. The van der Waals surface area contributed by atoms with Crippen molar-refractivity contribution < 1.29 is 14.0 Å². The molecule has 1 saturated heterocycles. The maximum Gasteiger partial charge on any atom is 0.319 e. The van der Waals surface area contributed by atoms with Gasteiger partial charge >= 0.3 is 6.03 Å². The summed E-state index contributed by atoms with van der Waals surface area (Å²) in [5.74, 6) is -0.586. The van der Waals surface area contributed by atoms with Crippen molar-refractivity contribution in [3.8, 4) is 0 Å². The minimum atomic E-state index is -0.537. The Morgan fingerprint density at radius 2 is 1.96 bits per heavy atom. The van der Waals surface area contributed by atoms with E-state index in [1.807, 2.05) is 31.2 Å². The van der Waals surface area contributed by atoms with Crippen molar-refractivity contribution in [3.05, 3.63) is 58.3 Å². The summed E-state index contributed by atoms with van der Waals surface area (Å²) in [6.45, 7) is 2.36. The molecular formula is C18H17BrFN3O2. The molecule has 0 saturated carbocycles. The van der Waals surface area contributed by atoms with Gasteiger partial charge in [-0.3, -0.25) is 4.79 Å². The van der Waals surface area contributed by atoms with E-state index >= 15 is 0 Å². The Hall–Kier alpha value is -2.41. The normalized spacial score (nSPS) is 16.8. The van der Waals surface area contributed by atoms with Crippen LogP contribution in [0.4, 0.5) is 20.6 Å². The Morgan fingerprint density at radius 3 is 2.64 bits per heavy atom. The largest absolute Gasteiger partial charge is 0.333 e. The van der Waals surface area contributed by atoms with E-state index in [1.54, 1.807) is 11.0 Å². The second-order valence-corrected chi connectivity index (χ2v) is 6.88. The Kier molecular flexibility index (Phi) is 5.03. The first-order chi connectivity index (χ1) is 11.9. The van der Waals surface area contributed by atoms with E-state index in [0.29, 0.717) is 11.0 Å². The lowest BCUT2D eigenvalue weighted by Crippen LogP contribution is -2.39. The zero-order valence-electron chi connectivity index (χ0n) is 13.6. The van der Waals surface area contributed by atoms with E-state index in [4.69, 9.17) is 0 Å². The van der Waals surface area contributed by atoms with Crippen LogP contribution < -0.4 is 15.5 Å². The Bertz CT molecular complexity index is 810. The Balaban J connectivity index is 1.61. The average Bonchev–Trinajstić information content (AvgIpc) is 2.91. The quantitative estimate of drug-likeness (QED) is 0.814.